The number of likely N-dealkylation sites (tertiary alicyclic amines) is 2. The molecule has 3 saturated carbocycles. The number of hydrogen-bond donors (Lipinski definition) is 14. The van der Waals surface area contributed by atoms with E-state index in [4.69, 9.17) is 29.9 Å². The van der Waals surface area contributed by atoms with Crippen LogP contribution in [0.4, 0.5) is 42.7 Å². The van der Waals surface area contributed by atoms with Gasteiger partial charge < -0.3 is 102 Å². The summed E-state index contributed by atoms with van der Waals surface area (Å²) in [5.41, 5.74) is 6.31. The number of urea groups is 4. The largest absolute Gasteiger partial charge is 0.388 e. The number of nitrogens with zero attached hydrogens (tertiary/aromatic N) is 12. The Hall–Kier alpha value is -11.0. The van der Waals surface area contributed by atoms with Crippen molar-refractivity contribution in [2.45, 2.75) is 188 Å². The third-order valence-electron chi connectivity index (χ3n) is 23.5. The summed E-state index contributed by atoms with van der Waals surface area (Å²) >= 11 is 0. The van der Waals surface area contributed by atoms with E-state index in [0.717, 1.165) is 22.3 Å². The lowest BCUT2D eigenvalue weighted by Gasteiger charge is -2.32. The molecule has 4 aliphatic heterocycles. The topological polar surface area (TPSA) is 404 Å². The van der Waals surface area contributed by atoms with Crippen LogP contribution in [-0.4, -0.2) is 243 Å². The first-order valence-corrected chi connectivity index (χ1v) is 39.7. The molecule has 3 aliphatic carbocycles. The Balaban J connectivity index is 0.502. The molecule has 112 heavy (non-hydrogen) atoms. The molecule has 7 fully saturated rings. The fourth-order valence-corrected chi connectivity index (χ4v) is 17.3. The summed E-state index contributed by atoms with van der Waals surface area (Å²) in [6.07, 6.45) is 4.44. The molecule has 0 spiro atoms. The molecule has 4 aromatic heterocycles. The van der Waals surface area contributed by atoms with Gasteiger partial charge in [-0.2, -0.15) is 19.9 Å². The fourth-order valence-electron chi connectivity index (χ4n) is 17.3. The van der Waals surface area contributed by atoms with Crippen LogP contribution >= 0.6 is 0 Å². The van der Waals surface area contributed by atoms with Crippen molar-refractivity contribution < 1.29 is 49.2 Å². The molecule has 7 aliphatic rings. The van der Waals surface area contributed by atoms with Crippen LogP contribution in [0.1, 0.15) is 137 Å². The van der Waals surface area contributed by atoms with Crippen molar-refractivity contribution >= 4 is 81.8 Å². The Morgan fingerprint density at radius 2 is 0.741 bits per heavy atom. The van der Waals surface area contributed by atoms with Gasteiger partial charge in [0.2, 0.25) is 23.7 Å². The molecule has 12 atom stereocenters. The van der Waals surface area contributed by atoms with Gasteiger partial charge in [-0.25, -0.2) is 29.1 Å². The van der Waals surface area contributed by atoms with E-state index in [1.807, 2.05) is 82.6 Å². The number of rotatable bonds is 24. The van der Waals surface area contributed by atoms with Crippen LogP contribution in [0.2, 0.25) is 0 Å². The van der Waals surface area contributed by atoms with Gasteiger partial charge in [0.25, 0.3) is 0 Å². The minimum atomic E-state index is -1.21. The fraction of sp³-hybridized carbons (Fsp3) is 0.500. The normalized spacial score (nSPS) is 25.8. The summed E-state index contributed by atoms with van der Waals surface area (Å²) in [4.78, 5) is 117. The molecule has 0 bridgehead atoms. The molecule has 2 unspecified atom stereocenters. The lowest BCUT2D eigenvalue weighted by Crippen LogP contribution is -2.51. The Labute approximate surface area is 649 Å². The molecular formula is C80H102N22O10. The van der Waals surface area contributed by atoms with E-state index >= 15 is 0 Å². The Kier molecular flexibility index (Phi) is 23.4. The first-order chi connectivity index (χ1) is 54.5. The van der Waals surface area contributed by atoms with E-state index in [9.17, 15) is 49.2 Å². The number of anilines is 4. The second kappa shape index (κ2) is 34.3. The molecule has 8 aromatic rings. The van der Waals surface area contributed by atoms with Crippen LogP contribution in [0.15, 0.2) is 134 Å². The summed E-state index contributed by atoms with van der Waals surface area (Å²) in [5.74, 6) is 1.22. The number of fused-ring (bicyclic) bond motifs is 2. The quantitative estimate of drug-likeness (QED) is 0.0382. The maximum absolute atomic E-state index is 13.7. The van der Waals surface area contributed by atoms with Gasteiger partial charge in [0.05, 0.1) is 36.8 Å². The minimum Gasteiger partial charge on any atom is -0.388 e. The van der Waals surface area contributed by atoms with Crippen LogP contribution in [0.5, 0.6) is 0 Å². The second-order valence-corrected chi connectivity index (χ2v) is 30.9. The van der Waals surface area contributed by atoms with Gasteiger partial charge in [-0.3, -0.25) is 9.59 Å². The number of carbonyl (C=O) groups is 6. The summed E-state index contributed by atoms with van der Waals surface area (Å²) in [6, 6.07) is 36.0. The SMILES string of the molecule is CCC(=O)N[C@H]1C[C@@H](n2cnc3c(NCC(c4ccccc4)c4ccccc4)nc(N4CCC(NC(=O)N[C@@H]5CCN(C(=O)NC6CCC(NC(=O)N7CC[C@H](NC(=O)NC8CCN(c9nc(NCC(c%10ccccc%10)c%10ccccc%10)c%10ncn([C@H]%11C[C@@H](NC(=O)CC)[C@@H](O)[C@H]%11O)c%10n9)C8)C7)CC6)C5)C4)nc32)[C@H](O)[C@@H]1O. The highest BCUT2D eigenvalue weighted by molar-refractivity contribution is 5.86. The van der Waals surface area contributed by atoms with E-state index in [0.29, 0.717) is 163 Å². The summed E-state index contributed by atoms with van der Waals surface area (Å²) in [6.45, 7) is 7.90. The predicted molar refractivity (Wildman–Crippen MR) is 420 cm³/mol. The number of aromatic nitrogens is 8. The van der Waals surface area contributed by atoms with Crippen LogP contribution in [0, 0.1) is 0 Å². The molecule has 8 heterocycles. The van der Waals surface area contributed by atoms with Gasteiger partial charge in [-0.15, -0.1) is 0 Å². The number of benzene rings is 4. The molecule has 4 saturated heterocycles. The van der Waals surface area contributed by atoms with Crippen molar-refractivity contribution in [3.63, 3.8) is 0 Å². The number of aliphatic hydroxyl groups is 4. The smallest absolute Gasteiger partial charge is 0.317 e. The van der Waals surface area contributed by atoms with E-state index in [2.05, 4.69) is 102 Å². The highest BCUT2D eigenvalue weighted by atomic mass is 16.3. The molecular weight excluding hydrogens is 1430 g/mol. The van der Waals surface area contributed by atoms with Gasteiger partial charge in [-0.1, -0.05) is 135 Å². The summed E-state index contributed by atoms with van der Waals surface area (Å²) in [5, 5.41) is 76.9. The van der Waals surface area contributed by atoms with Crippen molar-refractivity contribution in [1.29, 1.82) is 0 Å². The maximum atomic E-state index is 13.7. The van der Waals surface area contributed by atoms with E-state index in [-0.39, 0.29) is 110 Å². The number of nitrogens with one attached hydrogen (secondary N) is 10. The zero-order valence-corrected chi connectivity index (χ0v) is 63.1. The minimum absolute atomic E-state index is 0.0483. The van der Waals surface area contributed by atoms with E-state index in [1.54, 1.807) is 45.4 Å². The van der Waals surface area contributed by atoms with Crippen LogP contribution in [0.25, 0.3) is 22.3 Å². The summed E-state index contributed by atoms with van der Waals surface area (Å²) < 4.78 is 3.52. The third kappa shape index (κ3) is 17.2. The van der Waals surface area contributed by atoms with Crippen molar-refractivity contribution in [2.75, 3.05) is 85.9 Å². The van der Waals surface area contributed by atoms with Crippen LogP contribution in [-0.2, 0) is 9.59 Å². The zero-order chi connectivity index (χ0) is 77.5. The second-order valence-electron chi connectivity index (χ2n) is 30.9. The third-order valence-corrected chi connectivity index (χ3v) is 23.5. The standard InChI is InChI=1S/C80H102N22O10/c1-3-63(103)91-59-37-61(69(107)67(59)105)101-45-83-65-71(81-39-57(47-17-9-5-10-18-47)48-19-11-6-12-20-48)93-75(95-73(65)101)97-33-29-53(41-97)85-77(109)87-55-31-35-99(43-55)79(111)89-51-25-27-52(28-26-51)90-80(112)100-36-32-56(44-100)88-78(110)86-54-30-34-98(42-54)76-94-72(82-40-58(49-21-13-7-14-22-49)50-23-15-8-16-24-50)66-74(96-76)102(46-84-66)62-38-60(68(106)70(62)108)92-64(104)4-2/h5-24,45-46,51-62,67-70,105-108H,3-4,25-44H2,1-2H3,(H,89,111)(H,90,112)(H,91,103)(H,92,104)(H,81,93,95)(H,82,94,96)(H2,85,87,109)(H2,86,88,110)/t51?,52?,53?,54?,55-,56+,59+,60-,61-,62+,67-,68-,69+,70+/m1/s1. The van der Waals surface area contributed by atoms with E-state index < -0.39 is 48.6 Å². The van der Waals surface area contributed by atoms with Crippen molar-refractivity contribution in [1.82, 2.24) is 91.4 Å². The zero-order valence-electron chi connectivity index (χ0n) is 63.1. The average molecular weight is 1530 g/mol. The highest BCUT2D eigenvalue weighted by Gasteiger charge is 2.46. The molecule has 592 valence electrons. The molecule has 10 amide bonds. The van der Waals surface area contributed by atoms with Crippen molar-refractivity contribution in [3.8, 4) is 0 Å². The monoisotopic (exact) mass is 1530 g/mol. The molecule has 0 radical (unpaired) electrons. The highest BCUT2D eigenvalue weighted by Crippen LogP contribution is 2.39. The van der Waals surface area contributed by atoms with Crippen molar-refractivity contribution in [3.05, 3.63) is 156 Å². The molecule has 32 nitrogen and oxygen atoms in total. The van der Waals surface area contributed by atoms with Crippen LogP contribution in [0.3, 0.4) is 0 Å². The Morgan fingerprint density at radius 1 is 0.402 bits per heavy atom. The van der Waals surface area contributed by atoms with Crippen molar-refractivity contribution in [2.24, 2.45) is 0 Å². The Bertz CT molecular complexity index is 4230. The number of amides is 10. The van der Waals surface area contributed by atoms with Gasteiger partial charge in [-0.05, 0) is 86.5 Å². The predicted octanol–water partition coefficient (Wildman–Crippen LogP) is 4.91. The van der Waals surface area contributed by atoms with E-state index in [1.165, 1.54) is 0 Å². The number of aliphatic hydroxyl groups excluding tert-OH is 4. The lowest BCUT2D eigenvalue weighted by molar-refractivity contribution is -0.123. The number of hydrogen-bond acceptors (Lipinski definition) is 20. The molecule has 4 aromatic carbocycles. The van der Waals surface area contributed by atoms with Crippen LogP contribution < -0.4 is 63.0 Å². The Morgan fingerprint density at radius 3 is 1.09 bits per heavy atom. The summed E-state index contributed by atoms with van der Waals surface area (Å²) in [7, 11) is 0. The van der Waals surface area contributed by atoms with Gasteiger partial charge in [0.1, 0.15) is 24.4 Å². The molecule has 14 N–H and O–H groups in total. The first kappa shape index (κ1) is 76.4. The number of imidazole rings is 2. The average Bonchev–Trinajstić information content (AvgIpc) is 1.60. The van der Waals surface area contributed by atoms with Gasteiger partial charge in [0, 0.05) is 126 Å². The van der Waals surface area contributed by atoms with Gasteiger partial charge in [0.15, 0.2) is 34.0 Å². The maximum Gasteiger partial charge on any atom is 0.317 e. The lowest BCUT2D eigenvalue weighted by atomic mass is 9.91. The first-order valence-electron chi connectivity index (χ1n) is 39.7. The van der Waals surface area contributed by atoms with Gasteiger partial charge >= 0.3 is 24.1 Å². The molecule has 32 heteroatoms. The molecule has 15 rings (SSSR count). The number of carbonyl (C=O) groups excluding carboxylic acids is 6.